The van der Waals surface area contributed by atoms with Gasteiger partial charge in [0.1, 0.15) is 13.7 Å². The summed E-state index contributed by atoms with van der Waals surface area (Å²) in [4.78, 5) is 44.5. The van der Waals surface area contributed by atoms with E-state index < -0.39 is 29.1 Å². The van der Waals surface area contributed by atoms with Crippen molar-refractivity contribution in [2.75, 3.05) is 13.2 Å². The topological polar surface area (TPSA) is 269 Å². The molecule has 0 amide bonds. The highest BCUT2D eigenvalue weighted by atomic mass is 79.9. The van der Waals surface area contributed by atoms with Gasteiger partial charge in [-0.2, -0.15) is 5.10 Å². The number of rotatable bonds is 14. The molecule has 0 bridgehead atoms. The first kappa shape index (κ1) is 64.7. The lowest BCUT2D eigenvalue weighted by molar-refractivity contribution is -0.107. The number of aromatic nitrogens is 6. The molecule has 0 unspecified atom stereocenters. The Morgan fingerprint density at radius 3 is 1.50 bits per heavy atom. The molecule has 22 heteroatoms. The molecular weight excluding hydrogens is 1000 g/mol. The van der Waals surface area contributed by atoms with Crippen molar-refractivity contribution in [3.05, 3.63) is 154 Å². The van der Waals surface area contributed by atoms with Crippen LogP contribution in [0.1, 0.15) is 147 Å². The van der Waals surface area contributed by atoms with Crippen LogP contribution in [0.15, 0.2) is 115 Å². The molecule has 3 N–H and O–H groups in total. The van der Waals surface area contributed by atoms with E-state index in [1.807, 2.05) is 6.07 Å². The Kier molecular flexibility index (Phi) is 28.0. The predicted octanol–water partition coefficient (Wildman–Crippen LogP) is 10.3. The van der Waals surface area contributed by atoms with Gasteiger partial charge < -0.3 is 42.9 Å². The van der Waals surface area contributed by atoms with Gasteiger partial charge in [-0.05, 0) is 118 Å². The monoisotopic (exact) mass is 1060 g/mol. The number of carboxylic acid groups (broad SMARTS) is 1. The van der Waals surface area contributed by atoms with Crippen molar-refractivity contribution in [3.63, 3.8) is 0 Å². The molecule has 388 valence electrons. The van der Waals surface area contributed by atoms with Crippen LogP contribution < -0.4 is 0 Å². The maximum absolute atomic E-state index is 13.2. The van der Waals surface area contributed by atoms with Crippen LogP contribution in [0, 0.1) is 5.82 Å². The Morgan fingerprint density at radius 2 is 1.12 bits per heavy atom. The van der Waals surface area contributed by atoms with Gasteiger partial charge in [0, 0.05) is 36.9 Å². The molecule has 0 saturated carbocycles. The van der Waals surface area contributed by atoms with Crippen molar-refractivity contribution in [1.82, 2.24) is 30.4 Å². The molecule has 72 heavy (non-hydrogen) atoms. The minimum atomic E-state index is -1.10. The number of ether oxygens (including phenoxy) is 2. The van der Waals surface area contributed by atoms with Crippen molar-refractivity contribution in [2.45, 2.75) is 101 Å². The minimum Gasteiger partial charge on any atom is -0.476 e. The highest BCUT2D eigenvalue weighted by molar-refractivity contribution is 9.10. The largest absolute Gasteiger partial charge is 0.476 e. The molecule has 0 atom stereocenters. The predicted molar refractivity (Wildman–Crippen MR) is 272 cm³/mol. The van der Waals surface area contributed by atoms with Crippen molar-refractivity contribution in [2.24, 2.45) is 0 Å². The molecule has 0 saturated heterocycles. The molecule has 5 aromatic heterocycles. The fraction of sp³-hybridized carbons (Fsp3) is 0.340. The third-order valence-corrected chi connectivity index (χ3v) is 8.90. The number of aromatic carboxylic acids is 1. The number of nitrogens with zero attached hydrogens (tertiary/aromatic N) is 6. The molecule has 0 spiro atoms. The number of benzene rings is 1. The molecule has 0 aliphatic rings. The number of allylic oxidation sites excluding steroid dienone is 4. The van der Waals surface area contributed by atoms with Crippen LogP contribution in [0.4, 0.5) is 4.39 Å². The Bertz CT molecular complexity index is 2670. The lowest BCUT2D eigenvalue weighted by atomic mass is 9.90. The summed E-state index contributed by atoms with van der Waals surface area (Å²) in [5, 5.41) is 44.9. The van der Waals surface area contributed by atoms with E-state index in [9.17, 15) is 23.6 Å². The first-order chi connectivity index (χ1) is 33.0. The second-order valence-corrected chi connectivity index (χ2v) is 16.9. The van der Waals surface area contributed by atoms with Crippen LogP contribution in [-0.4, -0.2) is 102 Å². The van der Waals surface area contributed by atoms with Gasteiger partial charge >= 0.3 is 17.9 Å². The summed E-state index contributed by atoms with van der Waals surface area (Å²) in [6.45, 7) is 32.2. The summed E-state index contributed by atoms with van der Waals surface area (Å²) in [7, 11) is 4.92. The molecule has 0 aliphatic heterocycles. The number of aliphatic hydroxyl groups is 2. The number of carboxylic acids is 1. The van der Waals surface area contributed by atoms with E-state index in [0.29, 0.717) is 58.3 Å². The molecule has 2 radical (unpaired) electrons. The molecule has 19 nitrogen and oxygen atoms in total. The Balaban J connectivity index is 0.000000906. The molecule has 0 aliphatic carbocycles. The average molecular weight is 1070 g/mol. The molecule has 6 rings (SSSR count). The SMILES string of the molecule is C.C=C(C)c1cc(C(=O)Cc2cnn(Cc3cccc(F)c3)c2)no1.C=C(C)c1cc(C(=O)O)no1.C=C(C)c1cc(C(=O)OCC)no1.CC(C)(O)C(C)(C)O.CCOC(=O)c1cc(Br)on1.[B]C(=C)C. The van der Waals surface area contributed by atoms with Gasteiger partial charge in [0.05, 0.1) is 37.2 Å². The zero-order valence-corrected chi connectivity index (χ0v) is 43.0. The number of halogens is 2. The van der Waals surface area contributed by atoms with E-state index >= 15 is 0 Å². The molecule has 5 heterocycles. The summed E-state index contributed by atoms with van der Waals surface area (Å²) in [6, 6.07) is 12.2. The second kappa shape index (κ2) is 31.1. The normalized spacial score (nSPS) is 10.2. The van der Waals surface area contributed by atoms with E-state index in [1.54, 1.807) is 98.4 Å². The lowest BCUT2D eigenvalue weighted by Crippen LogP contribution is -2.44. The third-order valence-electron chi connectivity index (χ3n) is 8.53. The lowest BCUT2D eigenvalue weighted by Gasteiger charge is -2.31. The number of esters is 2. The van der Waals surface area contributed by atoms with Gasteiger partial charge in [-0.1, -0.05) is 66.8 Å². The minimum absolute atomic E-state index is 0. The van der Waals surface area contributed by atoms with Gasteiger partial charge in [-0.25, -0.2) is 18.8 Å². The summed E-state index contributed by atoms with van der Waals surface area (Å²) < 4.78 is 43.8. The average Bonchev–Trinajstić information content (AvgIpc) is 4.12. The van der Waals surface area contributed by atoms with E-state index in [1.165, 1.54) is 30.3 Å². The van der Waals surface area contributed by atoms with Crippen molar-refractivity contribution < 1.29 is 66.5 Å². The van der Waals surface area contributed by atoms with Crippen LogP contribution in [0.3, 0.4) is 0 Å². The van der Waals surface area contributed by atoms with Gasteiger partial charge in [-0.15, -0.1) is 12.1 Å². The number of carbonyl (C=O) groups excluding carboxylic acids is 3. The zero-order valence-electron chi connectivity index (χ0n) is 41.4. The Hall–Kier alpha value is -7.30. The second-order valence-electron chi connectivity index (χ2n) is 16.1. The van der Waals surface area contributed by atoms with Gasteiger partial charge in [0.15, 0.2) is 45.8 Å². The summed E-state index contributed by atoms with van der Waals surface area (Å²) in [5.41, 5.74) is 2.85. The van der Waals surface area contributed by atoms with E-state index in [4.69, 9.17) is 36.9 Å². The number of hydrogen-bond acceptors (Lipinski definition) is 17. The maximum atomic E-state index is 13.2. The summed E-state index contributed by atoms with van der Waals surface area (Å²) in [6.07, 6.45) is 3.56. The fourth-order valence-electron chi connectivity index (χ4n) is 4.20. The van der Waals surface area contributed by atoms with Crippen LogP contribution in [0.2, 0.25) is 0 Å². The number of carbonyl (C=O) groups is 4. The smallest absolute Gasteiger partial charge is 0.360 e. The first-order valence-electron chi connectivity index (χ1n) is 21.2. The van der Waals surface area contributed by atoms with Crippen LogP contribution in [0.25, 0.3) is 16.7 Å². The van der Waals surface area contributed by atoms with Crippen molar-refractivity contribution in [3.8, 4) is 0 Å². The van der Waals surface area contributed by atoms with Crippen LogP contribution in [-0.2, 0) is 22.4 Å². The number of hydrogen-bond donors (Lipinski definition) is 3. The van der Waals surface area contributed by atoms with E-state index in [2.05, 4.69) is 81.8 Å². The Labute approximate surface area is 427 Å². The quantitative estimate of drug-likeness (QED) is 0.0520. The number of Topliss-reactive ketones (excluding diaryl/α,β-unsaturated/α-hetero) is 1. The Morgan fingerprint density at radius 1 is 0.708 bits per heavy atom. The molecule has 0 fully saturated rings. The third kappa shape index (κ3) is 24.5. The first-order valence-corrected chi connectivity index (χ1v) is 22.0. The fourth-order valence-corrected chi connectivity index (χ4v) is 4.49. The zero-order chi connectivity index (χ0) is 54.2. The summed E-state index contributed by atoms with van der Waals surface area (Å²) in [5.74, 6) is -1.07. The summed E-state index contributed by atoms with van der Waals surface area (Å²) >= 11 is 3.01. The highest BCUT2D eigenvalue weighted by Crippen LogP contribution is 2.20. The number of ketones is 1. The van der Waals surface area contributed by atoms with Gasteiger partial charge in [-0.3, -0.25) is 9.48 Å². The van der Waals surface area contributed by atoms with Crippen molar-refractivity contribution in [1.29, 1.82) is 0 Å². The standard InChI is InChI=1S/C18H16FN3O2.C9H11NO3.C7H7NO3.C6H6BrNO3.C6H14O2.C3H5B.CH4/c1-12(2)18-8-16(21-24-18)17(23)7-14-9-20-22(11-14)10-13-4-3-5-15(19)6-13;1-4-12-9(11)7-5-8(6(2)3)13-10-7;1-4(2)6-3-5(7(9)10)8-11-6;1-2-10-6(9)4-3-5(7)11-8-4;1-5(2,7)6(3,4)8;1-3(2)4;/h3-6,8-9,11H,1,7,10H2,2H3;5H,2,4H2,1,3H3;3H,1H2,2H3,(H,9,10);3H,2H2,1H3;7-8H,1-4H3;1H2,2H3;1H4. The van der Waals surface area contributed by atoms with Gasteiger partial charge in [0.2, 0.25) is 4.67 Å². The maximum Gasteiger partial charge on any atom is 0.360 e. The van der Waals surface area contributed by atoms with Crippen LogP contribution >= 0.6 is 15.9 Å². The van der Waals surface area contributed by atoms with Crippen molar-refractivity contribution >= 4 is 64.2 Å². The van der Waals surface area contributed by atoms with E-state index in [-0.39, 0.29) is 48.2 Å². The highest BCUT2D eigenvalue weighted by Gasteiger charge is 2.32. The van der Waals surface area contributed by atoms with Gasteiger partial charge in [0.25, 0.3) is 0 Å². The molecule has 6 aromatic rings. The van der Waals surface area contributed by atoms with Crippen LogP contribution in [0.5, 0.6) is 0 Å². The van der Waals surface area contributed by atoms with E-state index in [0.717, 1.165) is 16.7 Å². The molecular formula is C50H63BBrFN6O13. The molecule has 1 aromatic carbocycles.